The summed E-state index contributed by atoms with van der Waals surface area (Å²) in [6.07, 6.45) is 0.367. The molecule has 4 nitrogen and oxygen atoms in total. The van der Waals surface area contributed by atoms with Crippen LogP contribution >= 0.6 is 11.6 Å². The molecule has 138 valence electrons. The molecule has 1 amide bonds. The molecule has 0 bridgehead atoms. The van der Waals surface area contributed by atoms with E-state index in [1.54, 1.807) is 18.2 Å². The number of rotatable bonds is 6. The summed E-state index contributed by atoms with van der Waals surface area (Å²) < 4.78 is 13.6. The molecule has 26 heavy (non-hydrogen) atoms. The van der Waals surface area contributed by atoms with Gasteiger partial charge in [-0.2, -0.15) is 0 Å². The third kappa shape index (κ3) is 5.53. The van der Waals surface area contributed by atoms with E-state index in [1.165, 1.54) is 11.6 Å². The number of nitrogens with one attached hydrogen (secondary N) is 1. The van der Waals surface area contributed by atoms with Crippen LogP contribution in [0.2, 0.25) is 5.02 Å². The van der Waals surface area contributed by atoms with E-state index in [4.69, 9.17) is 11.6 Å². The highest BCUT2D eigenvalue weighted by molar-refractivity contribution is 6.30. The van der Waals surface area contributed by atoms with Crippen molar-refractivity contribution in [2.24, 2.45) is 0 Å². The quantitative estimate of drug-likeness (QED) is 0.837. The van der Waals surface area contributed by atoms with Crippen LogP contribution in [-0.4, -0.2) is 48.4 Å². The molecular formula is C20H23ClFN3O. The second kappa shape index (κ2) is 9.12. The second-order valence-electron chi connectivity index (χ2n) is 6.52. The molecule has 0 spiro atoms. The molecule has 1 heterocycles. The van der Waals surface area contributed by atoms with Gasteiger partial charge in [0.1, 0.15) is 5.82 Å². The Morgan fingerprint density at radius 2 is 1.65 bits per heavy atom. The zero-order valence-corrected chi connectivity index (χ0v) is 15.4. The Kier molecular flexibility index (Phi) is 6.61. The van der Waals surface area contributed by atoms with Gasteiger partial charge in [-0.1, -0.05) is 35.9 Å². The minimum atomic E-state index is -0.406. The predicted octanol–water partition coefficient (Wildman–Crippen LogP) is 3.63. The third-order valence-corrected chi connectivity index (χ3v) is 4.84. The molecule has 2 aromatic rings. The van der Waals surface area contributed by atoms with Gasteiger partial charge in [-0.25, -0.2) is 4.39 Å². The van der Waals surface area contributed by atoms with Crippen LogP contribution in [0.5, 0.6) is 0 Å². The number of hydrogen-bond donors (Lipinski definition) is 1. The summed E-state index contributed by atoms with van der Waals surface area (Å²) in [7, 11) is 0. The van der Waals surface area contributed by atoms with Gasteiger partial charge in [0.15, 0.2) is 0 Å². The highest BCUT2D eigenvalue weighted by Gasteiger charge is 2.18. The summed E-state index contributed by atoms with van der Waals surface area (Å²) in [6, 6.07) is 14.2. The number of carbonyl (C=O) groups is 1. The summed E-state index contributed by atoms with van der Waals surface area (Å²) in [5.41, 5.74) is 1.50. The van der Waals surface area contributed by atoms with Crippen LogP contribution in [0.25, 0.3) is 0 Å². The standard InChI is InChI=1S/C20H23ClFN3O/c21-17-7-5-16(6-8-17)15-25-13-11-24(12-14-25)10-9-20(26)23-19-4-2-1-3-18(19)22/h1-8H,9-15H2,(H,23,26). The van der Waals surface area contributed by atoms with Crippen molar-refractivity contribution in [1.82, 2.24) is 9.80 Å². The van der Waals surface area contributed by atoms with Crippen molar-refractivity contribution in [3.8, 4) is 0 Å². The molecule has 0 aromatic heterocycles. The first kappa shape index (κ1) is 18.8. The van der Waals surface area contributed by atoms with Crippen molar-refractivity contribution in [1.29, 1.82) is 0 Å². The fourth-order valence-corrected chi connectivity index (χ4v) is 3.18. The average molecular weight is 376 g/mol. The number of halogens is 2. The lowest BCUT2D eigenvalue weighted by molar-refractivity contribution is -0.116. The predicted molar refractivity (Wildman–Crippen MR) is 103 cm³/mol. The zero-order valence-electron chi connectivity index (χ0n) is 14.6. The number of benzene rings is 2. The number of nitrogens with zero attached hydrogens (tertiary/aromatic N) is 2. The van der Waals surface area contributed by atoms with Gasteiger partial charge in [-0.05, 0) is 29.8 Å². The van der Waals surface area contributed by atoms with E-state index in [9.17, 15) is 9.18 Å². The van der Waals surface area contributed by atoms with E-state index in [1.807, 2.05) is 12.1 Å². The number of carbonyl (C=O) groups excluding carboxylic acids is 1. The Bertz CT molecular complexity index is 730. The van der Waals surface area contributed by atoms with Gasteiger partial charge < -0.3 is 10.2 Å². The van der Waals surface area contributed by atoms with Crippen molar-refractivity contribution >= 4 is 23.2 Å². The fraction of sp³-hybridized carbons (Fsp3) is 0.350. The molecule has 0 radical (unpaired) electrons. The Hall–Kier alpha value is -1.95. The molecule has 1 saturated heterocycles. The number of piperazine rings is 1. The summed E-state index contributed by atoms with van der Waals surface area (Å²) in [5.74, 6) is -0.560. The van der Waals surface area contributed by atoms with E-state index in [2.05, 4.69) is 27.2 Å². The minimum Gasteiger partial charge on any atom is -0.324 e. The van der Waals surface area contributed by atoms with E-state index in [0.29, 0.717) is 13.0 Å². The molecule has 0 atom stereocenters. The van der Waals surface area contributed by atoms with E-state index < -0.39 is 5.82 Å². The summed E-state index contributed by atoms with van der Waals surface area (Å²) in [6.45, 7) is 5.41. The molecule has 2 aromatic carbocycles. The van der Waals surface area contributed by atoms with Gasteiger partial charge in [0, 0.05) is 50.7 Å². The highest BCUT2D eigenvalue weighted by Crippen LogP contribution is 2.14. The Morgan fingerprint density at radius 1 is 1.00 bits per heavy atom. The molecule has 0 aliphatic carbocycles. The van der Waals surface area contributed by atoms with Crippen molar-refractivity contribution in [3.05, 3.63) is 64.9 Å². The maximum atomic E-state index is 13.6. The molecule has 1 aliphatic heterocycles. The van der Waals surface area contributed by atoms with E-state index in [0.717, 1.165) is 37.7 Å². The van der Waals surface area contributed by atoms with Crippen LogP contribution in [0.1, 0.15) is 12.0 Å². The molecular weight excluding hydrogens is 353 g/mol. The Labute approximate surface area is 158 Å². The molecule has 1 N–H and O–H groups in total. The number of hydrogen-bond acceptors (Lipinski definition) is 3. The van der Waals surface area contributed by atoms with Crippen LogP contribution in [0.4, 0.5) is 10.1 Å². The first-order valence-corrected chi connectivity index (χ1v) is 9.21. The van der Waals surface area contributed by atoms with Crippen molar-refractivity contribution in [2.75, 3.05) is 38.0 Å². The normalized spacial score (nSPS) is 15.8. The maximum absolute atomic E-state index is 13.6. The van der Waals surface area contributed by atoms with Gasteiger partial charge in [-0.3, -0.25) is 9.69 Å². The molecule has 6 heteroatoms. The third-order valence-electron chi connectivity index (χ3n) is 4.59. The highest BCUT2D eigenvalue weighted by atomic mass is 35.5. The molecule has 1 fully saturated rings. The zero-order chi connectivity index (χ0) is 18.4. The average Bonchev–Trinajstić information content (AvgIpc) is 2.65. The second-order valence-corrected chi connectivity index (χ2v) is 6.96. The first-order chi connectivity index (χ1) is 12.6. The largest absolute Gasteiger partial charge is 0.324 e. The molecule has 0 saturated carbocycles. The maximum Gasteiger partial charge on any atom is 0.225 e. The van der Waals surface area contributed by atoms with E-state index >= 15 is 0 Å². The van der Waals surface area contributed by atoms with Gasteiger partial charge in [0.25, 0.3) is 0 Å². The fourth-order valence-electron chi connectivity index (χ4n) is 3.05. The monoisotopic (exact) mass is 375 g/mol. The lowest BCUT2D eigenvalue weighted by Gasteiger charge is -2.34. The Morgan fingerprint density at radius 3 is 2.35 bits per heavy atom. The van der Waals surface area contributed by atoms with Crippen molar-refractivity contribution in [2.45, 2.75) is 13.0 Å². The lowest BCUT2D eigenvalue weighted by Crippen LogP contribution is -2.46. The number of anilines is 1. The van der Waals surface area contributed by atoms with Crippen molar-refractivity contribution in [3.63, 3.8) is 0 Å². The Balaban J connectivity index is 1.38. The van der Waals surface area contributed by atoms with Gasteiger partial charge in [0.05, 0.1) is 5.69 Å². The lowest BCUT2D eigenvalue weighted by atomic mass is 10.2. The number of para-hydroxylation sites is 1. The van der Waals surface area contributed by atoms with Crippen LogP contribution in [-0.2, 0) is 11.3 Å². The van der Waals surface area contributed by atoms with Crippen LogP contribution < -0.4 is 5.32 Å². The summed E-state index contributed by atoms with van der Waals surface area (Å²) in [4.78, 5) is 16.7. The molecule has 0 unspecified atom stereocenters. The number of amides is 1. The van der Waals surface area contributed by atoms with Gasteiger partial charge >= 0.3 is 0 Å². The van der Waals surface area contributed by atoms with Crippen LogP contribution in [0.3, 0.4) is 0 Å². The smallest absolute Gasteiger partial charge is 0.225 e. The topological polar surface area (TPSA) is 35.6 Å². The first-order valence-electron chi connectivity index (χ1n) is 8.84. The van der Waals surface area contributed by atoms with Gasteiger partial charge in [-0.15, -0.1) is 0 Å². The van der Waals surface area contributed by atoms with E-state index in [-0.39, 0.29) is 11.6 Å². The van der Waals surface area contributed by atoms with Crippen LogP contribution in [0, 0.1) is 5.82 Å². The van der Waals surface area contributed by atoms with Crippen molar-refractivity contribution < 1.29 is 9.18 Å². The molecule has 3 rings (SSSR count). The summed E-state index contributed by atoms with van der Waals surface area (Å²) >= 11 is 5.92. The van der Waals surface area contributed by atoms with Gasteiger partial charge in [0.2, 0.25) is 5.91 Å². The molecule has 1 aliphatic rings. The minimum absolute atomic E-state index is 0.154. The van der Waals surface area contributed by atoms with Crippen LogP contribution in [0.15, 0.2) is 48.5 Å². The summed E-state index contributed by atoms with van der Waals surface area (Å²) in [5, 5.41) is 3.39. The SMILES string of the molecule is O=C(CCN1CCN(Cc2ccc(Cl)cc2)CC1)Nc1ccccc1F.